The molecule has 158 valence electrons. The smallest absolute Gasteiger partial charge is 0.339 e. The average molecular weight is 425 g/mol. The Kier molecular flexibility index (Phi) is 6.22. The predicted octanol–water partition coefficient (Wildman–Crippen LogP) is 6.41. The molecule has 0 aromatic heterocycles. The first-order valence-electron chi connectivity index (χ1n) is 9.93. The Morgan fingerprint density at radius 1 is 0.781 bits per heavy atom. The fourth-order valence-electron chi connectivity index (χ4n) is 3.23. The second kappa shape index (κ2) is 9.57. The third kappa shape index (κ3) is 4.99. The van der Waals surface area contributed by atoms with E-state index in [9.17, 15) is 14.9 Å². The topological polar surface area (TPSA) is 78.7 Å². The van der Waals surface area contributed by atoms with E-state index >= 15 is 0 Å². The molecule has 0 radical (unpaired) electrons. The Bertz CT molecular complexity index is 1240. The lowest BCUT2D eigenvalue weighted by atomic mass is 10.00. The summed E-state index contributed by atoms with van der Waals surface area (Å²) in [5.41, 5.74) is 3.01. The predicted molar refractivity (Wildman–Crippen MR) is 121 cm³/mol. The monoisotopic (exact) mass is 425 g/mol. The van der Waals surface area contributed by atoms with E-state index < -0.39 is 10.9 Å². The van der Waals surface area contributed by atoms with Gasteiger partial charge in [0.05, 0.1) is 10.5 Å². The minimum atomic E-state index is -0.464. The van der Waals surface area contributed by atoms with E-state index in [1.807, 2.05) is 54.6 Å². The van der Waals surface area contributed by atoms with Crippen molar-refractivity contribution in [1.29, 1.82) is 0 Å². The van der Waals surface area contributed by atoms with Gasteiger partial charge in [-0.05, 0) is 47.0 Å². The minimum absolute atomic E-state index is 0.00574. The lowest BCUT2D eigenvalue weighted by Crippen LogP contribution is -2.07. The molecule has 0 amide bonds. The molecule has 0 saturated carbocycles. The van der Waals surface area contributed by atoms with Crippen LogP contribution in [0.15, 0.2) is 103 Å². The summed E-state index contributed by atoms with van der Waals surface area (Å²) in [6.07, 6.45) is 0. The molecule has 0 unspecified atom stereocenters. The maximum atomic E-state index is 12.8. The van der Waals surface area contributed by atoms with E-state index in [0.717, 1.165) is 16.7 Å². The molecule has 0 fully saturated rings. The summed E-state index contributed by atoms with van der Waals surface area (Å²) in [5.74, 6) is 0.602. The number of hydrogen-bond donors (Lipinski definition) is 0. The first-order chi connectivity index (χ1) is 15.6. The quantitative estimate of drug-likeness (QED) is 0.194. The lowest BCUT2D eigenvalue weighted by molar-refractivity contribution is -0.384. The molecule has 0 spiro atoms. The van der Waals surface area contributed by atoms with Crippen molar-refractivity contribution in [2.24, 2.45) is 0 Å². The van der Waals surface area contributed by atoms with Gasteiger partial charge in [-0.15, -0.1) is 0 Å². The number of rotatable bonds is 7. The largest absolute Gasteiger partial charge is 0.457 e. The fraction of sp³-hybridized carbons (Fsp3) is 0.0385. The molecule has 6 heteroatoms. The number of carbonyl (C=O) groups excluding carboxylic acids is 1. The number of non-ortho nitro benzene ring substituents is 1. The number of esters is 1. The summed E-state index contributed by atoms with van der Waals surface area (Å²) in [7, 11) is 0. The maximum absolute atomic E-state index is 12.8. The third-order valence-electron chi connectivity index (χ3n) is 4.78. The minimum Gasteiger partial charge on any atom is -0.457 e. The second-order valence-corrected chi connectivity index (χ2v) is 6.99. The van der Waals surface area contributed by atoms with E-state index in [1.54, 1.807) is 24.3 Å². The van der Waals surface area contributed by atoms with Crippen molar-refractivity contribution in [1.82, 2.24) is 0 Å². The molecule has 0 aliphatic carbocycles. The summed E-state index contributed by atoms with van der Waals surface area (Å²) < 4.78 is 11.3. The van der Waals surface area contributed by atoms with Crippen LogP contribution in [-0.2, 0) is 11.3 Å². The van der Waals surface area contributed by atoms with Crippen molar-refractivity contribution >= 4 is 11.7 Å². The Morgan fingerprint density at radius 2 is 1.50 bits per heavy atom. The molecule has 0 atom stereocenters. The summed E-state index contributed by atoms with van der Waals surface area (Å²) >= 11 is 0. The van der Waals surface area contributed by atoms with Gasteiger partial charge in [-0.3, -0.25) is 10.1 Å². The third-order valence-corrected chi connectivity index (χ3v) is 4.78. The van der Waals surface area contributed by atoms with E-state index in [0.29, 0.717) is 17.1 Å². The van der Waals surface area contributed by atoms with Gasteiger partial charge in [-0.2, -0.15) is 0 Å². The van der Waals surface area contributed by atoms with E-state index in [-0.39, 0.29) is 12.3 Å². The summed E-state index contributed by atoms with van der Waals surface area (Å²) in [4.78, 5) is 23.1. The maximum Gasteiger partial charge on any atom is 0.339 e. The standard InChI is InChI=1S/C26H19NO5/c28-26(25-12-5-4-11-24(25)20-8-2-1-3-9-20)31-18-19-7-6-10-23(17-19)32-22-15-13-21(14-16-22)27(29)30/h1-17H,18H2. The first kappa shape index (κ1) is 20.8. The van der Waals surface area contributed by atoms with E-state index in [2.05, 4.69) is 0 Å². The Balaban J connectivity index is 1.44. The van der Waals surface area contributed by atoms with Crippen molar-refractivity contribution in [3.8, 4) is 22.6 Å². The van der Waals surface area contributed by atoms with Crippen molar-refractivity contribution < 1.29 is 19.2 Å². The Labute approximate surface area is 184 Å². The average Bonchev–Trinajstić information content (AvgIpc) is 2.84. The number of nitro benzene ring substituents is 1. The van der Waals surface area contributed by atoms with Gasteiger partial charge >= 0.3 is 5.97 Å². The highest BCUT2D eigenvalue weighted by molar-refractivity contribution is 5.97. The van der Waals surface area contributed by atoms with Crippen LogP contribution < -0.4 is 4.74 Å². The highest BCUT2D eigenvalue weighted by Gasteiger charge is 2.14. The number of ether oxygens (including phenoxy) is 2. The van der Waals surface area contributed by atoms with Gasteiger partial charge in [0, 0.05) is 12.1 Å². The summed E-state index contributed by atoms with van der Waals surface area (Å²) in [6, 6.07) is 30.0. The lowest BCUT2D eigenvalue weighted by Gasteiger charge is -2.11. The van der Waals surface area contributed by atoms with E-state index in [1.165, 1.54) is 24.3 Å². The number of nitrogens with zero attached hydrogens (tertiary/aromatic N) is 1. The van der Waals surface area contributed by atoms with Crippen LogP contribution in [0.4, 0.5) is 5.69 Å². The van der Waals surface area contributed by atoms with E-state index in [4.69, 9.17) is 9.47 Å². The number of benzene rings is 4. The van der Waals surface area contributed by atoms with Crippen molar-refractivity contribution in [3.63, 3.8) is 0 Å². The molecule has 4 aromatic carbocycles. The van der Waals surface area contributed by atoms with Crippen LogP contribution >= 0.6 is 0 Å². The van der Waals surface area contributed by atoms with Crippen LogP contribution in [0.25, 0.3) is 11.1 Å². The van der Waals surface area contributed by atoms with Crippen LogP contribution in [0.5, 0.6) is 11.5 Å². The Hall–Kier alpha value is -4.45. The fourth-order valence-corrected chi connectivity index (χ4v) is 3.23. The summed E-state index contributed by atoms with van der Waals surface area (Å²) in [5, 5.41) is 10.8. The van der Waals surface area contributed by atoms with Crippen LogP contribution in [0.2, 0.25) is 0 Å². The number of nitro groups is 1. The molecule has 0 heterocycles. The van der Waals surface area contributed by atoms with Crippen molar-refractivity contribution in [2.45, 2.75) is 6.61 Å². The van der Waals surface area contributed by atoms with Gasteiger partial charge in [0.1, 0.15) is 18.1 Å². The van der Waals surface area contributed by atoms with Gasteiger partial charge in [-0.1, -0.05) is 60.7 Å². The second-order valence-electron chi connectivity index (χ2n) is 6.99. The van der Waals surface area contributed by atoms with Gasteiger partial charge in [0.2, 0.25) is 0 Å². The van der Waals surface area contributed by atoms with Gasteiger partial charge in [0.25, 0.3) is 5.69 Å². The molecular weight excluding hydrogens is 406 g/mol. The molecular formula is C26H19NO5. The molecule has 0 aliphatic rings. The van der Waals surface area contributed by atoms with Crippen molar-refractivity contribution in [2.75, 3.05) is 0 Å². The van der Waals surface area contributed by atoms with Crippen LogP contribution in [0, 0.1) is 10.1 Å². The summed E-state index contributed by atoms with van der Waals surface area (Å²) in [6.45, 7) is 0.0828. The van der Waals surface area contributed by atoms with Crippen LogP contribution in [-0.4, -0.2) is 10.9 Å². The molecule has 0 saturated heterocycles. The zero-order chi connectivity index (χ0) is 22.3. The zero-order valence-corrected chi connectivity index (χ0v) is 17.0. The van der Waals surface area contributed by atoms with Gasteiger partial charge in [0.15, 0.2) is 0 Å². The van der Waals surface area contributed by atoms with Crippen LogP contribution in [0.3, 0.4) is 0 Å². The molecule has 6 nitrogen and oxygen atoms in total. The highest BCUT2D eigenvalue weighted by atomic mass is 16.6. The normalized spacial score (nSPS) is 10.4. The molecule has 0 N–H and O–H groups in total. The molecule has 0 bridgehead atoms. The molecule has 4 aromatic rings. The number of hydrogen-bond acceptors (Lipinski definition) is 5. The van der Waals surface area contributed by atoms with Crippen LogP contribution in [0.1, 0.15) is 15.9 Å². The number of carbonyl (C=O) groups is 1. The molecule has 32 heavy (non-hydrogen) atoms. The highest BCUT2D eigenvalue weighted by Crippen LogP contribution is 2.26. The first-order valence-corrected chi connectivity index (χ1v) is 9.93. The SMILES string of the molecule is O=C(OCc1cccc(Oc2ccc([N+](=O)[O-])cc2)c1)c1ccccc1-c1ccccc1. The van der Waals surface area contributed by atoms with Gasteiger partial charge in [-0.25, -0.2) is 4.79 Å². The Morgan fingerprint density at radius 3 is 2.25 bits per heavy atom. The molecule has 4 rings (SSSR count). The zero-order valence-electron chi connectivity index (χ0n) is 17.0. The molecule has 0 aliphatic heterocycles. The van der Waals surface area contributed by atoms with Gasteiger partial charge < -0.3 is 9.47 Å². The van der Waals surface area contributed by atoms with Crippen molar-refractivity contribution in [3.05, 3.63) is 124 Å².